The number of hydrogen-bond donors (Lipinski definition) is 0. The van der Waals surface area contributed by atoms with E-state index in [1.54, 1.807) is 0 Å². The molecular formula is C11H16O. The number of rotatable bonds is 0. The lowest BCUT2D eigenvalue weighted by Gasteiger charge is -2.36. The molecule has 0 fully saturated rings. The first-order valence-electron chi connectivity index (χ1n) is 4.78. The van der Waals surface area contributed by atoms with Gasteiger partial charge in [0.1, 0.15) is 0 Å². The lowest BCUT2D eigenvalue weighted by Crippen LogP contribution is -2.34. The normalized spacial score (nSPS) is 35.2. The lowest BCUT2D eigenvalue weighted by molar-refractivity contribution is -0.0112. The molecule has 2 aliphatic rings. The monoisotopic (exact) mass is 164 g/mol. The Morgan fingerprint density at radius 1 is 1.50 bits per heavy atom. The van der Waals surface area contributed by atoms with Gasteiger partial charge in [0, 0.05) is 6.42 Å². The SMILES string of the molecule is CC1=CCOC2(C=CCCC2)C1. The van der Waals surface area contributed by atoms with Gasteiger partial charge in [-0.15, -0.1) is 0 Å². The maximum Gasteiger partial charge on any atom is 0.0903 e. The molecule has 0 aromatic rings. The smallest absolute Gasteiger partial charge is 0.0903 e. The number of allylic oxidation sites excluding steroid dienone is 1. The topological polar surface area (TPSA) is 9.23 Å². The third kappa shape index (κ3) is 1.46. The second kappa shape index (κ2) is 3.06. The van der Waals surface area contributed by atoms with Crippen LogP contribution in [0.4, 0.5) is 0 Å². The predicted octanol–water partition coefficient (Wildman–Crippen LogP) is 2.83. The molecule has 0 radical (unpaired) electrons. The van der Waals surface area contributed by atoms with Gasteiger partial charge in [0.2, 0.25) is 0 Å². The van der Waals surface area contributed by atoms with Gasteiger partial charge in [0.25, 0.3) is 0 Å². The standard InChI is InChI=1S/C11H16O/c1-10-5-8-12-11(9-10)6-3-2-4-7-11/h3,5-6H,2,4,7-9H2,1H3. The minimum atomic E-state index is 0.0804. The van der Waals surface area contributed by atoms with E-state index in [9.17, 15) is 0 Å². The molecule has 1 aliphatic carbocycles. The Kier molecular flexibility index (Phi) is 2.05. The molecule has 0 saturated carbocycles. The van der Waals surface area contributed by atoms with Crippen LogP contribution in [0, 0.1) is 0 Å². The van der Waals surface area contributed by atoms with E-state index in [4.69, 9.17) is 4.74 Å². The molecule has 1 unspecified atom stereocenters. The zero-order chi connectivity index (χ0) is 8.44. The molecule has 1 aliphatic heterocycles. The van der Waals surface area contributed by atoms with Crippen LogP contribution >= 0.6 is 0 Å². The van der Waals surface area contributed by atoms with Gasteiger partial charge in [-0.3, -0.25) is 0 Å². The fourth-order valence-electron chi connectivity index (χ4n) is 2.11. The molecule has 1 atom stereocenters. The zero-order valence-corrected chi connectivity index (χ0v) is 7.68. The van der Waals surface area contributed by atoms with Crippen molar-refractivity contribution in [3.05, 3.63) is 23.8 Å². The zero-order valence-electron chi connectivity index (χ0n) is 7.68. The Morgan fingerprint density at radius 2 is 2.42 bits per heavy atom. The molecule has 12 heavy (non-hydrogen) atoms. The summed E-state index contributed by atoms with van der Waals surface area (Å²) in [6.07, 6.45) is 11.5. The van der Waals surface area contributed by atoms with Gasteiger partial charge >= 0.3 is 0 Å². The van der Waals surface area contributed by atoms with Crippen molar-refractivity contribution in [2.24, 2.45) is 0 Å². The first-order chi connectivity index (χ1) is 5.81. The molecule has 0 bridgehead atoms. The molecule has 0 aromatic carbocycles. The van der Waals surface area contributed by atoms with Crippen molar-refractivity contribution in [2.75, 3.05) is 6.61 Å². The van der Waals surface area contributed by atoms with E-state index < -0.39 is 0 Å². The molecule has 0 saturated heterocycles. The Hall–Kier alpha value is -0.560. The Balaban J connectivity index is 2.16. The quantitative estimate of drug-likeness (QED) is 0.500. The third-order valence-electron chi connectivity index (χ3n) is 2.77. The summed E-state index contributed by atoms with van der Waals surface area (Å²) in [6, 6.07) is 0. The molecule has 66 valence electrons. The molecule has 0 N–H and O–H groups in total. The van der Waals surface area contributed by atoms with Crippen LogP contribution in [0.1, 0.15) is 32.6 Å². The number of hydrogen-bond acceptors (Lipinski definition) is 1. The van der Waals surface area contributed by atoms with Crippen LogP contribution in [0.5, 0.6) is 0 Å². The summed E-state index contributed by atoms with van der Waals surface area (Å²) in [5.41, 5.74) is 1.56. The van der Waals surface area contributed by atoms with Crippen LogP contribution in [-0.2, 0) is 4.74 Å². The highest BCUT2D eigenvalue weighted by Gasteiger charge is 2.31. The van der Waals surface area contributed by atoms with Gasteiger partial charge in [-0.2, -0.15) is 0 Å². The van der Waals surface area contributed by atoms with Gasteiger partial charge in [-0.05, 0) is 26.2 Å². The van der Waals surface area contributed by atoms with Crippen LogP contribution < -0.4 is 0 Å². The highest BCUT2D eigenvalue weighted by molar-refractivity contribution is 5.17. The van der Waals surface area contributed by atoms with E-state index in [1.165, 1.54) is 24.8 Å². The summed E-state index contributed by atoms with van der Waals surface area (Å²) < 4.78 is 5.81. The highest BCUT2D eigenvalue weighted by Crippen LogP contribution is 2.34. The molecule has 0 aromatic heterocycles. The van der Waals surface area contributed by atoms with Crippen molar-refractivity contribution in [3.63, 3.8) is 0 Å². The molecule has 1 heterocycles. The minimum Gasteiger partial charge on any atom is -0.367 e. The van der Waals surface area contributed by atoms with E-state index in [-0.39, 0.29) is 5.60 Å². The maximum atomic E-state index is 5.81. The van der Waals surface area contributed by atoms with E-state index in [2.05, 4.69) is 25.2 Å². The van der Waals surface area contributed by atoms with Crippen LogP contribution in [0.15, 0.2) is 23.8 Å². The Morgan fingerprint density at radius 3 is 3.08 bits per heavy atom. The summed E-state index contributed by atoms with van der Waals surface area (Å²) in [6.45, 7) is 3.00. The molecule has 1 nitrogen and oxygen atoms in total. The second-order valence-corrected chi connectivity index (χ2v) is 3.90. The van der Waals surface area contributed by atoms with Gasteiger partial charge in [-0.1, -0.05) is 23.8 Å². The summed E-state index contributed by atoms with van der Waals surface area (Å²) in [5, 5.41) is 0. The van der Waals surface area contributed by atoms with Gasteiger partial charge < -0.3 is 4.74 Å². The van der Waals surface area contributed by atoms with Gasteiger partial charge in [-0.25, -0.2) is 0 Å². The fourth-order valence-corrected chi connectivity index (χ4v) is 2.11. The van der Waals surface area contributed by atoms with Gasteiger partial charge in [0.05, 0.1) is 12.2 Å². The summed E-state index contributed by atoms with van der Waals surface area (Å²) in [5.74, 6) is 0. The first-order valence-corrected chi connectivity index (χ1v) is 4.78. The Labute approximate surface area is 74.1 Å². The van der Waals surface area contributed by atoms with E-state index in [0.29, 0.717) is 0 Å². The van der Waals surface area contributed by atoms with Crippen molar-refractivity contribution >= 4 is 0 Å². The van der Waals surface area contributed by atoms with Gasteiger partial charge in [0.15, 0.2) is 0 Å². The summed E-state index contributed by atoms with van der Waals surface area (Å²) in [7, 11) is 0. The van der Waals surface area contributed by atoms with Crippen LogP contribution in [0.25, 0.3) is 0 Å². The maximum absolute atomic E-state index is 5.81. The van der Waals surface area contributed by atoms with E-state index in [0.717, 1.165) is 13.0 Å². The highest BCUT2D eigenvalue weighted by atomic mass is 16.5. The molecular weight excluding hydrogens is 148 g/mol. The third-order valence-corrected chi connectivity index (χ3v) is 2.77. The summed E-state index contributed by atoms with van der Waals surface area (Å²) >= 11 is 0. The van der Waals surface area contributed by atoms with E-state index in [1.807, 2.05) is 0 Å². The van der Waals surface area contributed by atoms with Crippen LogP contribution in [-0.4, -0.2) is 12.2 Å². The molecule has 0 amide bonds. The van der Waals surface area contributed by atoms with Crippen molar-refractivity contribution in [3.8, 4) is 0 Å². The first kappa shape index (κ1) is 8.06. The number of ether oxygens (including phenoxy) is 1. The van der Waals surface area contributed by atoms with Crippen molar-refractivity contribution < 1.29 is 4.74 Å². The fraction of sp³-hybridized carbons (Fsp3) is 0.636. The van der Waals surface area contributed by atoms with Crippen molar-refractivity contribution in [1.29, 1.82) is 0 Å². The molecule has 1 heteroatoms. The predicted molar refractivity (Wildman–Crippen MR) is 50.0 cm³/mol. The summed E-state index contributed by atoms with van der Waals surface area (Å²) in [4.78, 5) is 0. The van der Waals surface area contributed by atoms with Crippen molar-refractivity contribution in [2.45, 2.75) is 38.2 Å². The minimum absolute atomic E-state index is 0.0804. The second-order valence-electron chi connectivity index (χ2n) is 3.90. The van der Waals surface area contributed by atoms with E-state index >= 15 is 0 Å². The molecule has 1 spiro atoms. The average Bonchev–Trinajstić information content (AvgIpc) is 2.05. The Bertz CT molecular complexity index is 227. The lowest BCUT2D eigenvalue weighted by atomic mass is 9.84. The van der Waals surface area contributed by atoms with Crippen molar-refractivity contribution in [1.82, 2.24) is 0 Å². The van der Waals surface area contributed by atoms with Crippen LogP contribution in [0.3, 0.4) is 0 Å². The van der Waals surface area contributed by atoms with Crippen LogP contribution in [0.2, 0.25) is 0 Å². The molecule has 2 rings (SSSR count). The largest absolute Gasteiger partial charge is 0.367 e. The average molecular weight is 164 g/mol.